The molecule has 0 bridgehead atoms. The molecule has 0 aromatic carbocycles. The van der Waals surface area contributed by atoms with Gasteiger partial charge in [-0.25, -0.2) is 4.98 Å². The number of amides is 1. The fourth-order valence-electron chi connectivity index (χ4n) is 3.42. The highest BCUT2D eigenvalue weighted by Gasteiger charge is 2.33. The summed E-state index contributed by atoms with van der Waals surface area (Å²) in [4.78, 5) is 31.9. The molecule has 1 fully saturated rings. The number of esters is 1. The molecule has 1 atom stereocenters. The monoisotopic (exact) mass is 404 g/mol. The van der Waals surface area contributed by atoms with Crippen LogP contribution in [0.4, 0.5) is 13.2 Å². The Morgan fingerprint density at radius 3 is 2.54 bits per heavy atom. The van der Waals surface area contributed by atoms with Gasteiger partial charge in [0.2, 0.25) is 5.91 Å². The Labute approximate surface area is 162 Å². The van der Waals surface area contributed by atoms with Gasteiger partial charge < -0.3 is 19.1 Å². The molecule has 1 unspecified atom stereocenters. The molecular formula is C18H27F3N4O3. The highest BCUT2D eigenvalue weighted by Crippen LogP contribution is 2.26. The smallest absolute Gasteiger partial charge is 0.406 e. The zero-order valence-corrected chi connectivity index (χ0v) is 16.4. The van der Waals surface area contributed by atoms with Crippen LogP contribution in [0.5, 0.6) is 0 Å². The molecule has 10 heteroatoms. The Balaban J connectivity index is 2.06. The van der Waals surface area contributed by atoms with E-state index < -0.39 is 24.8 Å². The van der Waals surface area contributed by atoms with E-state index in [1.54, 1.807) is 4.90 Å². The summed E-state index contributed by atoms with van der Waals surface area (Å²) >= 11 is 0. The van der Waals surface area contributed by atoms with E-state index in [1.807, 2.05) is 7.05 Å². The first kappa shape index (κ1) is 22.2. The minimum absolute atomic E-state index is 0.0820. The van der Waals surface area contributed by atoms with Crippen molar-refractivity contribution in [3.8, 4) is 0 Å². The van der Waals surface area contributed by atoms with Crippen LogP contribution in [0.1, 0.15) is 45.0 Å². The lowest BCUT2D eigenvalue weighted by Gasteiger charge is -2.36. The standard InChI is InChI=1S/C18H27F3N4O3/c1-4-23(3)14-5-8-24(9-6-14)16(27)11-15(28-13(2)26)17-22-7-10-25(17)12-18(19,20)21/h7,10,14-15H,4-6,8-9,11-12H2,1-3H3. The van der Waals surface area contributed by atoms with Crippen molar-refractivity contribution in [3.63, 3.8) is 0 Å². The molecule has 0 spiro atoms. The van der Waals surface area contributed by atoms with Gasteiger partial charge in [-0.15, -0.1) is 0 Å². The quantitative estimate of drug-likeness (QED) is 0.653. The third kappa shape index (κ3) is 6.22. The summed E-state index contributed by atoms with van der Waals surface area (Å²) in [5.74, 6) is -1.02. The number of imidazole rings is 1. The van der Waals surface area contributed by atoms with Crippen LogP contribution in [-0.2, 0) is 20.9 Å². The van der Waals surface area contributed by atoms with Gasteiger partial charge in [0.25, 0.3) is 0 Å². The zero-order valence-electron chi connectivity index (χ0n) is 16.4. The Morgan fingerprint density at radius 2 is 2.00 bits per heavy atom. The first-order valence-electron chi connectivity index (χ1n) is 9.33. The molecule has 0 saturated carbocycles. The van der Waals surface area contributed by atoms with Crippen LogP contribution in [0.3, 0.4) is 0 Å². The Morgan fingerprint density at radius 1 is 1.36 bits per heavy atom. The lowest BCUT2D eigenvalue weighted by atomic mass is 10.0. The lowest BCUT2D eigenvalue weighted by Crippen LogP contribution is -2.45. The molecule has 0 aliphatic carbocycles. The summed E-state index contributed by atoms with van der Waals surface area (Å²) in [5, 5.41) is 0. The van der Waals surface area contributed by atoms with Gasteiger partial charge in [0.15, 0.2) is 11.9 Å². The van der Waals surface area contributed by atoms with Gasteiger partial charge >= 0.3 is 12.1 Å². The molecule has 7 nitrogen and oxygen atoms in total. The maximum atomic E-state index is 12.8. The van der Waals surface area contributed by atoms with Crippen LogP contribution in [-0.4, -0.2) is 70.1 Å². The van der Waals surface area contributed by atoms with Crippen molar-refractivity contribution in [2.75, 3.05) is 26.7 Å². The van der Waals surface area contributed by atoms with E-state index in [2.05, 4.69) is 16.8 Å². The van der Waals surface area contributed by atoms with Crippen LogP contribution < -0.4 is 0 Å². The van der Waals surface area contributed by atoms with Crippen LogP contribution >= 0.6 is 0 Å². The number of aromatic nitrogens is 2. The van der Waals surface area contributed by atoms with E-state index in [-0.39, 0.29) is 18.2 Å². The van der Waals surface area contributed by atoms with Gasteiger partial charge in [0.1, 0.15) is 6.54 Å². The Hall–Kier alpha value is -2.10. The number of carbonyl (C=O) groups is 2. The minimum Gasteiger partial charge on any atom is -0.454 e. The number of hydrogen-bond donors (Lipinski definition) is 0. The fourth-order valence-corrected chi connectivity index (χ4v) is 3.42. The zero-order chi connectivity index (χ0) is 20.9. The summed E-state index contributed by atoms with van der Waals surface area (Å²) in [6.07, 6.45) is -1.81. The molecule has 28 heavy (non-hydrogen) atoms. The van der Waals surface area contributed by atoms with Crippen molar-refractivity contribution in [3.05, 3.63) is 18.2 Å². The number of alkyl halides is 3. The van der Waals surface area contributed by atoms with Gasteiger partial charge in [-0.2, -0.15) is 13.2 Å². The van der Waals surface area contributed by atoms with E-state index in [9.17, 15) is 22.8 Å². The maximum absolute atomic E-state index is 12.8. The number of ether oxygens (including phenoxy) is 1. The fraction of sp³-hybridized carbons (Fsp3) is 0.722. The number of halogens is 3. The third-order valence-corrected chi connectivity index (χ3v) is 4.99. The van der Waals surface area contributed by atoms with E-state index >= 15 is 0 Å². The molecule has 2 rings (SSSR count). The maximum Gasteiger partial charge on any atom is 0.406 e. The minimum atomic E-state index is -4.45. The van der Waals surface area contributed by atoms with Crippen LogP contribution in [0.25, 0.3) is 0 Å². The summed E-state index contributed by atoms with van der Waals surface area (Å²) in [7, 11) is 2.04. The molecule has 1 aromatic heterocycles. The summed E-state index contributed by atoms with van der Waals surface area (Å²) < 4.78 is 44.3. The van der Waals surface area contributed by atoms with E-state index in [4.69, 9.17) is 4.74 Å². The van der Waals surface area contributed by atoms with Crippen LogP contribution in [0, 0.1) is 0 Å². The SMILES string of the molecule is CCN(C)C1CCN(C(=O)CC(OC(C)=O)c2nccn2CC(F)(F)F)CC1. The molecule has 1 amide bonds. The summed E-state index contributed by atoms with van der Waals surface area (Å²) in [6.45, 7) is 4.03. The van der Waals surface area contributed by atoms with Gasteiger partial charge in [0, 0.05) is 38.4 Å². The van der Waals surface area contributed by atoms with Gasteiger partial charge in [-0.05, 0) is 26.4 Å². The number of nitrogens with zero attached hydrogens (tertiary/aromatic N) is 4. The first-order valence-corrected chi connectivity index (χ1v) is 9.33. The largest absolute Gasteiger partial charge is 0.454 e. The number of carbonyl (C=O) groups excluding carboxylic acids is 2. The normalized spacial score (nSPS) is 17.0. The molecule has 1 aromatic rings. The van der Waals surface area contributed by atoms with E-state index in [1.165, 1.54) is 6.20 Å². The van der Waals surface area contributed by atoms with Gasteiger partial charge in [-0.3, -0.25) is 9.59 Å². The van der Waals surface area contributed by atoms with E-state index in [0.29, 0.717) is 19.1 Å². The van der Waals surface area contributed by atoms with Crippen molar-refractivity contribution in [1.29, 1.82) is 0 Å². The molecule has 1 aliphatic heterocycles. The number of rotatable bonds is 7. The van der Waals surface area contributed by atoms with Gasteiger partial charge in [-0.1, -0.05) is 6.92 Å². The van der Waals surface area contributed by atoms with Crippen molar-refractivity contribution in [2.45, 2.75) is 58.0 Å². The Bertz CT molecular complexity index is 669. The number of hydrogen-bond acceptors (Lipinski definition) is 5. The van der Waals surface area contributed by atoms with Crippen molar-refractivity contribution in [1.82, 2.24) is 19.4 Å². The molecule has 158 valence electrons. The second kappa shape index (κ2) is 9.40. The molecule has 1 aliphatic rings. The van der Waals surface area contributed by atoms with Gasteiger partial charge in [0.05, 0.1) is 6.42 Å². The van der Waals surface area contributed by atoms with Crippen LogP contribution in [0.15, 0.2) is 12.4 Å². The van der Waals surface area contributed by atoms with Crippen LogP contribution in [0.2, 0.25) is 0 Å². The second-order valence-electron chi connectivity index (χ2n) is 7.02. The topological polar surface area (TPSA) is 67.7 Å². The average molecular weight is 404 g/mol. The third-order valence-electron chi connectivity index (χ3n) is 4.99. The molecule has 1 saturated heterocycles. The lowest BCUT2D eigenvalue weighted by molar-refractivity contribution is -0.151. The highest BCUT2D eigenvalue weighted by atomic mass is 19.4. The summed E-state index contributed by atoms with van der Waals surface area (Å²) in [5.41, 5.74) is 0. The van der Waals surface area contributed by atoms with E-state index in [0.717, 1.165) is 37.1 Å². The number of piperidine rings is 1. The predicted molar refractivity (Wildman–Crippen MR) is 95.3 cm³/mol. The second-order valence-corrected chi connectivity index (χ2v) is 7.02. The summed E-state index contributed by atoms with van der Waals surface area (Å²) in [6, 6.07) is 0.406. The molecule has 0 radical (unpaired) electrons. The highest BCUT2D eigenvalue weighted by molar-refractivity contribution is 5.77. The van der Waals surface area contributed by atoms with Crippen molar-refractivity contribution < 1.29 is 27.5 Å². The predicted octanol–water partition coefficient (Wildman–Crippen LogP) is 2.38. The number of likely N-dealkylation sites (tertiary alicyclic amines) is 1. The van der Waals surface area contributed by atoms with Crippen molar-refractivity contribution in [2.24, 2.45) is 0 Å². The molecular weight excluding hydrogens is 377 g/mol. The molecule has 2 heterocycles. The Kier molecular flexibility index (Phi) is 7.45. The first-order chi connectivity index (χ1) is 13.1. The van der Waals surface area contributed by atoms with Crippen molar-refractivity contribution >= 4 is 11.9 Å². The molecule has 0 N–H and O–H groups in total. The average Bonchev–Trinajstić information content (AvgIpc) is 3.06.